The van der Waals surface area contributed by atoms with Crippen molar-refractivity contribution in [1.82, 2.24) is 0 Å². The quantitative estimate of drug-likeness (QED) is 0.582. The standard InChI is InChI=1S/C10H20O2/c1-10(2,3)7-4-8(11)6-9(12)5-7/h7-9,11-12H,4-6H2,1-3H3/t7-,8+,9-. The van der Waals surface area contributed by atoms with E-state index in [-0.39, 0.29) is 17.6 Å². The van der Waals surface area contributed by atoms with E-state index in [1.807, 2.05) is 0 Å². The van der Waals surface area contributed by atoms with Crippen LogP contribution >= 0.6 is 0 Å². The van der Waals surface area contributed by atoms with E-state index in [1.165, 1.54) is 0 Å². The zero-order valence-corrected chi connectivity index (χ0v) is 8.25. The Labute approximate surface area is 74.6 Å². The van der Waals surface area contributed by atoms with Crippen LogP contribution < -0.4 is 0 Å². The Balaban J connectivity index is 2.55. The van der Waals surface area contributed by atoms with E-state index in [1.54, 1.807) is 0 Å². The molecular weight excluding hydrogens is 152 g/mol. The molecule has 1 aliphatic carbocycles. The largest absolute Gasteiger partial charge is 0.393 e. The average molecular weight is 172 g/mol. The molecule has 2 N–H and O–H groups in total. The number of hydrogen-bond acceptors (Lipinski definition) is 2. The molecule has 0 heterocycles. The lowest BCUT2D eigenvalue weighted by atomic mass is 9.71. The van der Waals surface area contributed by atoms with Crippen LogP contribution in [0.1, 0.15) is 40.0 Å². The van der Waals surface area contributed by atoms with Crippen LogP contribution in [0.2, 0.25) is 0 Å². The Morgan fingerprint density at radius 1 is 0.917 bits per heavy atom. The van der Waals surface area contributed by atoms with E-state index in [0.29, 0.717) is 12.3 Å². The summed E-state index contributed by atoms with van der Waals surface area (Å²) in [4.78, 5) is 0. The van der Waals surface area contributed by atoms with Crippen molar-refractivity contribution in [2.24, 2.45) is 11.3 Å². The third-order valence-corrected chi connectivity index (χ3v) is 2.88. The van der Waals surface area contributed by atoms with Gasteiger partial charge in [0.25, 0.3) is 0 Å². The summed E-state index contributed by atoms with van der Waals surface area (Å²) in [5.41, 5.74) is 0.211. The minimum Gasteiger partial charge on any atom is -0.393 e. The van der Waals surface area contributed by atoms with Gasteiger partial charge in [-0.1, -0.05) is 20.8 Å². The average Bonchev–Trinajstić information content (AvgIpc) is 1.82. The number of rotatable bonds is 0. The maximum Gasteiger partial charge on any atom is 0.0567 e. The molecule has 0 bridgehead atoms. The number of aliphatic hydroxyl groups is 2. The van der Waals surface area contributed by atoms with Crippen LogP contribution in [0.3, 0.4) is 0 Å². The lowest BCUT2D eigenvalue weighted by Gasteiger charge is -2.38. The lowest BCUT2D eigenvalue weighted by Crippen LogP contribution is -2.35. The third kappa shape index (κ3) is 2.46. The zero-order valence-electron chi connectivity index (χ0n) is 8.25. The SMILES string of the molecule is CC(C)(C)[C@@H]1C[C@H](O)C[C@H](O)C1. The van der Waals surface area contributed by atoms with Gasteiger partial charge < -0.3 is 10.2 Å². The van der Waals surface area contributed by atoms with Crippen LogP contribution in [-0.4, -0.2) is 22.4 Å². The maximum atomic E-state index is 9.45. The molecule has 2 nitrogen and oxygen atoms in total. The minimum atomic E-state index is -0.294. The van der Waals surface area contributed by atoms with Crippen molar-refractivity contribution in [3.63, 3.8) is 0 Å². The van der Waals surface area contributed by atoms with Crippen LogP contribution in [0, 0.1) is 11.3 Å². The Morgan fingerprint density at radius 2 is 1.33 bits per heavy atom. The van der Waals surface area contributed by atoms with Gasteiger partial charge in [0, 0.05) is 0 Å². The van der Waals surface area contributed by atoms with Gasteiger partial charge in [0.15, 0.2) is 0 Å². The molecule has 1 rings (SSSR count). The molecule has 0 spiro atoms. The van der Waals surface area contributed by atoms with Crippen molar-refractivity contribution in [2.75, 3.05) is 0 Å². The molecule has 12 heavy (non-hydrogen) atoms. The van der Waals surface area contributed by atoms with Crippen LogP contribution in [0.25, 0.3) is 0 Å². The first-order valence-corrected chi connectivity index (χ1v) is 4.75. The summed E-state index contributed by atoms with van der Waals surface area (Å²) in [5, 5.41) is 18.9. The highest BCUT2D eigenvalue weighted by atomic mass is 16.3. The molecule has 0 unspecified atom stereocenters. The van der Waals surface area contributed by atoms with Crippen molar-refractivity contribution in [2.45, 2.75) is 52.2 Å². The Hall–Kier alpha value is -0.0800. The van der Waals surface area contributed by atoms with E-state index in [4.69, 9.17) is 0 Å². The predicted octanol–water partition coefficient (Wildman–Crippen LogP) is 1.55. The molecule has 2 heteroatoms. The van der Waals surface area contributed by atoms with Gasteiger partial charge in [-0.25, -0.2) is 0 Å². The molecule has 0 aromatic carbocycles. The molecule has 0 radical (unpaired) electrons. The van der Waals surface area contributed by atoms with Crippen molar-refractivity contribution in [3.05, 3.63) is 0 Å². The highest BCUT2D eigenvalue weighted by Gasteiger charge is 2.33. The predicted molar refractivity (Wildman–Crippen MR) is 48.8 cm³/mol. The monoisotopic (exact) mass is 172 g/mol. The van der Waals surface area contributed by atoms with Gasteiger partial charge in [-0.05, 0) is 30.6 Å². The first kappa shape index (κ1) is 10.0. The van der Waals surface area contributed by atoms with Crippen molar-refractivity contribution < 1.29 is 10.2 Å². The molecule has 72 valence electrons. The Kier molecular flexibility index (Phi) is 2.79. The molecule has 0 aromatic rings. The minimum absolute atomic E-state index is 0.211. The summed E-state index contributed by atoms with van der Waals surface area (Å²) in [6.07, 6.45) is 1.67. The highest BCUT2D eigenvalue weighted by Crippen LogP contribution is 2.37. The zero-order chi connectivity index (χ0) is 9.35. The molecule has 0 amide bonds. The normalized spacial score (nSPS) is 38.2. The summed E-state index contributed by atoms with van der Waals surface area (Å²) < 4.78 is 0. The van der Waals surface area contributed by atoms with Gasteiger partial charge >= 0.3 is 0 Å². The summed E-state index contributed by atoms with van der Waals surface area (Å²) in [6, 6.07) is 0. The van der Waals surface area contributed by atoms with E-state index < -0.39 is 0 Å². The van der Waals surface area contributed by atoms with Crippen molar-refractivity contribution in [3.8, 4) is 0 Å². The molecule has 0 aliphatic heterocycles. The lowest BCUT2D eigenvalue weighted by molar-refractivity contribution is -0.0150. The molecular formula is C10H20O2. The van der Waals surface area contributed by atoms with Crippen LogP contribution in [0.5, 0.6) is 0 Å². The van der Waals surface area contributed by atoms with Crippen LogP contribution in [0.15, 0.2) is 0 Å². The van der Waals surface area contributed by atoms with E-state index in [9.17, 15) is 10.2 Å². The van der Waals surface area contributed by atoms with Gasteiger partial charge in [-0.2, -0.15) is 0 Å². The maximum absolute atomic E-state index is 9.45. The number of aliphatic hydroxyl groups excluding tert-OH is 2. The second-order valence-electron chi connectivity index (χ2n) is 5.08. The second kappa shape index (κ2) is 3.35. The fourth-order valence-corrected chi connectivity index (χ4v) is 1.97. The summed E-state index contributed by atoms with van der Waals surface area (Å²) in [6.45, 7) is 6.51. The van der Waals surface area contributed by atoms with Gasteiger partial charge in [0.2, 0.25) is 0 Å². The van der Waals surface area contributed by atoms with Crippen molar-refractivity contribution in [1.29, 1.82) is 0 Å². The molecule has 1 fully saturated rings. The van der Waals surface area contributed by atoms with Crippen LogP contribution in [-0.2, 0) is 0 Å². The molecule has 0 aromatic heterocycles. The summed E-state index contributed by atoms with van der Waals surface area (Å²) >= 11 is 0. The van der Waals surface area contributed by atoms with Crippen LogP contribution in [0.4, 0.5) is 0 Å². The summed E-state index contributed by atoms with van der Waals surface area (Å²) in [7, 11) is 0. The van der Waals surface area contributed by atoms with Gasteiger partial charge in [-0.15, -0.1) is 0 Å². The second-order valence-corrected chi connectivity index (χ2v) is 5.08. The Morgan fingerprint density at radius 3 is 1.67 bits per heavy atom. The molecule has 0 saturated heterocycles. The summed E-state index contributed by atoms with van der Waals surface area (Å²) in [5.74, 6) is 0.455. The molecule has 1 saturated carbocycles. The third-order valence-electron chi connectivity index (χ3n) is 2.88. The fraction of sp³-hybridized carbons (Fsp3) is 1.00. The molecule has 3 atom stereocenters. The first-order chi connectivity index (χ1) is 5.39. The van der Waals surface area contributed by atoms with E-state index in [0.717, 1.165) is 12.8 Å². The van der Waals surface area contributed by atoms with Gasteiger partial charge in [0.1, 0.15) is 0 Å². The van der Waals surface area contributed by atoms with E-state index in [2.05, 4.69) is 20.8 Å². The first-order valence-electron chi connectivity index (χ1n) is 4.75. The van der Waals surface area contributed by atoms with E-state index >= 15 is 0 Å². The highest BCUT2D eigenvalue weighted by molar-refractivity contribution is 4.84. The van der Waals surface area contributed by atoms with Crippen molar-refractivity contribution >= 4 is 0 Å². The fourth-order valence-electron chi connectivity index (χ4n) is 1.97. The van der Waals surface area contributed by atoms with Gasteiger partial charge in [0.05, 0.1) is 12.2 Å². The number of hydrogen-bond donors (Lipinski definition) is 2. The Bertz CT molecular complexity index is 138. The molecule has 1 aliphatic rings. The van der Waals surface area contributed by atoms with Gasteiger partial charge in [-0.3, -0.25) is 0 Å². The smallest absolute Gasteiger partial charge is 0.0567 e. The topological polar surface area (TPSA) is 40.5 Å².